The Morgan fingerprint density at radius 2 is 2.22 bits per heavy atom. The highest BCUT2D eigenvalue weighted by Crippen LogP contribution is 2.09. The van der Waals surface area contributed by atoms with Gasteiger partial charge in [-0.25, -0.2) is 4.98 Å². The number of hydrogen-bond acceptors (Lipinski definition) is 4. The quantitative estimate of drug-likeness (QED) is 0.682. The van der Waals surface area contributed by atoms with Gasteiger partial charge in [0.2, 0.25) is 0 Å². The van der Waals surface area contributed by atoms with Crippen molar-refractivity contribution in [1.82, 2.24) is 10.3 Å². The molecule has 1 aromatic rings. The highest BCUT2D eigenvalue weighted by molar-refractivity contribution is 5.38. The summed E-state index contributed by atoms with van der Waals surface area (Å²) in [6.07, 6.45) is 4.13. The van der Waals surface area contributed by atoms with Crippen molar-refractivity contribution in [1.29, 1.82) is 0 Å². The molecule has 0 fully saturated rings. The lowest BCUT2D eigenvalue weighted by Crippen LogP contribution is -2.21. The van der Waals surface area contributed by atoms with E-state index in [0.29, 0.717) is 0 Å². The summed E-state index contributed by atoms with van der Waals surface area (Å²) < 4.78 is 5.05. The number of methoxy groups -OCH3 is 1. The number of nitrogens with one attached hydrogen (secondary N) is 1. The molecule has 0 aromatic carbocycles. The number of aromatic nitrogens is 1. The van der Waals surface area contributed by atoms with Gasteiger partial charge in [0.25, 0.3) is 0 Å². The topological polar surface area (TPSA) is 37.4 Å². The average Bonchev–Trinajstić information content (AvgIpc) is 2.40. The standard InChI is InChI=1S/C14H25N3O/c1-4-8-15-11-13-6-7-14(16-12-13)17(2)9-5-10-18-3/h6-7,12,15H,4-5,8-11H2,1-3H3. The van der Waals surface area contributed by atoms with E-state index in [0.717, 1.165) is 44.9 Å². The van der Waals surface area contributed by atoms with Crippen LogP contribution in [-0.2, 0) is 11.3 Å². The Hall–Kier alpha value is -1.13. The summed E-state index contributed by atoms with van der Waals surface area (Å²) >= 11 is 0. The fraction of sp³-hybridized carbons (Fsp3) is 0.643. The van der Waals surface area contributed by atoms with E-state index >= 15 is 0 Å². The Balaban J connectivity index is 2.38. The summed E-state index contributed by atoms with van der Waals surface area (Å²) in [7, 11) is 3.79. The normalized spacial score (nSPS) is 10.6. The molecule has 1 aromatic heterocycles. The molecule has 0 spiro atoms. The molecule has 0 bridgehead atoms. The van der Waals surface area contributed by atoms with Crippen LogP contribution in [0.5, 0.6) is 0 Å². The highest BCUT2D eigenvalue weighted by atomic mass is 16.5. The van der Waals surface area contributed by atoms with Crippen LogP contribution in [0.4, 0.5) is 5.82 Å². The lowest BCUT2D eigenvalue weighted by molar-refractivity contribution is 0.196. The Kier molecular flexibility index (Phi) is 7.37. The number of pyridine rings is 1. The van der Waals surface area contributed by atoms with Crippen molar-refractivity contribution in [3.05, 3.63) is 23.9 Å². The molecular formula is C14H25N3O. The number of hydrogen-bond donors (Lipinski definition) is 1. The first-order valence-electron chi connectivity index (χ1n) is 6.63. The monoisotopic (exact) mass is 251 g/mol. The van der Waals surface area contributed by atoms with Gasteiger partial charge in [0.15, 0.2) is 0 Å². The van der Waals surface area contributed by atoms with Gasteiger partial charge in [0.1, 0.15) is 5.82 Å². The van der Waals surface area contributed by atoms with Crippen molar-refractivity contribution < 1.29 is 4.74 Å². The zero-order valence-electron chi connectivity index (χ0n) is 11.8. The maximum absolute atomic E-state index is 5.05. The second-order valence-electron chi connectivity index (χ2n) is 4.47. The second kappa shape index (κ2) is 8.89. The van der Waals surface area contributed by atoms with E-state index in [4.69, 9.17) is 4.74 Å². The molecule has 102 valence electrons. The first-order valence-corrected chi connectivity index (χ1v) is 6.63. The fourth-order valence-electron chi connectivity index (χ4n) is 1.72. The van der Waals surface area contributed by atoms with Crippen LogP contribution in [0.2, 0.25) is 0 Å². The minimum absolute atomic E-state index is 0.795. The van der Waals surface area contributed by atoms with Crippen LogP contribution in [0.25, 0.3) is 0 Å². The highest BCUT2D eigenvalue weighted by Gasteiger charge is 2.02. The van der Waals surface area contributed by atoms with Crippen molar-refractivity contribution in [2.75, 3.05) is 38.8 Å². The van der Waals surface area contributed by atoms with Gasteiger partial charge < -0.3 is 15.0 Å². The van der Waals surface area contributed by atoms with E-state index < -0.39 is 0 Å². The van der Waals surface area contributed by atoms with E-state index in [2.05, 4.69) is 41.3 Å². The van der Waals surface area contributed by atoms with Gasteiger partial charge in [-0.15, -0.1) is 0 Å². The third kappa shape index (κ3) is 5.47. The summed E-state index contributed by atoms with van der Waals surface area (Å²) in [6.45, 7) is 5.88. The SMILES string of the molecule is CCCNCc1ccc(N(C)CCCOC)nc1. The van der Waals surface area contributed by atoms with Gasteiger partial charge in [-0.3, -0.25) is 0 Å². The molecule has 0 saturated carbocycles. The van der Waals surface area contributed by atoms with E-state index in [1.807, 2.05) is 6.20 Å². The van der Waals surface area contributed by atoms with E-state index in [1.165, 1.54) is 5.56 Å². The number of anilines is 1. The molecule has 0 aliphatic heterocycles. The summed E-state index contributed by atoms with van der Waals surface area (Å²) in [5.74, 6) is 1.02. The minimum Gasteiger partial charge on any atom is -0.385 e. The van der Waals surface area contributed by atoms with Gasteiger partial charge in [0.05, 0.1) is 0 Å². The maximum Gasteiger partial charge on any atom is 0.128 e. The molecule has 0 aliphatic carbocycles. The first kappa shape index (κ1) is 14.9. The summed E-state index contributed by atoms with van der Waals surface area (Å²) in [5, 5.41) is 3.37. The maximum atomic E-state index is 5.05. The fourth-order valence-corrected chi connectivity index (χ4v) is 1.72. The predicted octanol–water partition coefficient (Wildman–Crippen LogP) is 2.05. The third-order valence-electron chi connectivity index (χ3n) is 2.80. The molecule has 0 aliphatic rings. The molecule has 1 rings (SSSR count). The second-order valence-corrected chi connectivity index (χ2v) is 4.47. The van der Waals surface area contributed by atoms with E-state index in [-0.39, 0.29) is 0 Å². The van der Waals surface area contributed by atoms with E-state index in [9.17, 15) is 0 Å². The molecular weight excluding hydrogens is 226 g/mol. The molecule has 1 heterocycles. The molecule has 4 nitrogen and oxygen atoms in total. The molecule has 0 radical (unpaired) electrons. The van der Waals surface area contributed by atoms with Crippen molar-refractivity contribution in [3.8, 4) is 0 Å². The Bertz CT molecular complexity index is 313. The molecule has 0 saturated heterocycles. The van der Waals surface area contributed by atoms with Crippen molar-refractivity contribution in [3.63, 3.8) is 0 Å². The summed E-state index contributed by atoms with van der Waals surface area (Å²) in [4.78, 5) is 6.64. The Morgan fingerprint density at radius 3 is 2.83 bits per heavy atom. The van der Waals surface area contributed by atoms with Gasteiger partial charge >= 0.3 is 0 Å². The number of nitrogens with zero attached hydrogens (tertiary/aromatic N) is 2. The Morgan fingerprint density at radius 1 is 1.39 bits per heavy atom. The van der Waals surface area contributed by atoms with Gasteiger partial charge in [-0.05, 0) is 31.0 Å². The van der Waals surface area contributed by atoms with E-state index in [1.54, 1.807) is 7.11 Å². The molecule has 0 amide bonds. The molecule has 1 N–H and O–H groups in total. The minimum atomic E-state index is 0.795. The van der Waals surface area contributed by atoms with Crippen molar-refractivity contribution >= 4 is 5.82 Å². The Labute approximate surface area is 110 Å². The van der Waals surface area contributed by atoms with Crippen molar-refractivity contribution in [2.24, 2.45) is 0 Å². The summed E-state index contributed by atoms with van der Waals surface area (Å²) in [6, 6.07) is 4.22. The molecule has 0 atom stereocenters. The predicted molar refractivity (Wildman–Crippen MR) is 76.0 cm³/mol. The zero-order chi connectivity index (χ0) is 13.2. The van der Waals surface area contributed by atoms with Gasteiger partial charge in [0, 0.05) is 40.1 Å². The lowest BCUT2D eigenvalue weighted by Gasteiger charge is -2.18. The van der Waals surface area contributed by atoms with Crippen LogP contribution in [0.15, 0.2) is 18.3 Å². The van der Waals surface area contributed by atoms with Gasteiger partial charge in [-0.2, -0.15) is 0 Å². The zero-order valence-corrected chi connectivity index (χ0v) is 11.8. The molecule has 18 heavy (non-hydrogen) atoms. The van der Waals surface area contributed by atoms with Crippen LogP contribution in [0.3, 0.4) is 0 Å². The van der Waals surface area contributed by atoms with Crippen LogP contribution in [-0.4, -0.2) is 38.8 Å². The largest absolute Gasteiger partial charge is 0.385 e. The molecule has 0 unspecified atom stereocenters. The summed E-state index contributed by atoms with van der Waals surface area (Å²) in [5.41, 5.74) is 1.23. The van der Waals surface area contributed by atoms with Crippen LogP contribution in [0.1, 0.15) is 25.3 Å². The smallest absolute Gasteiger partial charge is 0.128 e. The first-order chi connectivity index (χ1) is 8.77. The van der Waals surface area contributed by atoms with Crippen LogP contribution >= 0.6 is 0 Å². The third-order valence-corrected chi connectivity index (χ3v) is 2.80. The average molecular weight is 251 g/mol. The lowest BCUT2D eigenvalue weighted by atomic mass is 10.2. The number of ether oxygens (including phenoxy) is 1. The molecule has 4 heteroatoms. The van der Waals surface area contributed by atoms with Gasteiger partial charge in [-0.1, -0.05) is 13.0 Å². The van der Waals surface area contributed by atoms with Crippen LogP contribution in [0, 0.1) is 0 Å². The number of rotatable bonds is 9. The van der Waals surface area contributed by atoms with Crippen LogP contribution < -0.4 is 10.2 Å². The van der Waals surface area contributed by atoms with Crippen molar-refractivity contribution in [2.45, 2.75) is 26.3 Å².